The Hall–Kier alpha value is 0.491. The molecule has 0 amide bonds. The van der Waals surface area contributed by atoms with Gasteiger partial charge in [-0.15, -0.1) is 0 Å². The predicted octanol–water partition coefficient (Wildman–Crippen LogP) is 3.81. The third-order valence-electron chi connectivity index (χ3n) is 4.04. The van der Waals surface area contributed by atoms with Crippen molar-refractivity contribution in [1.29, 1.82) is 0 Å². The van der Waals surface area contributed by atoms with Gasteiger partial charge in [-0.1, -0.05) is 27.7 Å². The number of hydrogen-bond acceptors (Lipinski definition) is 4. The molecule has 4 nitrogen and oxygen atoms in total. The molecule has 0 bridgehead atoms. The highest BCUT2D eigenvalue weighted by molar-refractivity contribution is 6.86. The van der Waals surface area contributed by atoms with Gasteiger partial charge in [-0.3, -0.25) is 0 Å². The van der Waals surface area contributed by atoms with Crippen molar-refractivity contribution in [3.05, 3.63) is 0 Å². The minimum atomic E-state index is -2.12. The first-order valence-corrected chi connectivity index (χ1v) is 16.9. The van der Waals surface area contributed by atoms with Gasteiger partial charge in [-0.2, -0.15) is 0 Å². The van der Waals surface area contributed by atoms with Crippen LogP contribution in [0.1, 0.15) is 27.7 Å². The van der Waals surface area contributed by atoms with Crippen LogP contribution < -0.4 is 0 Å². The molecule has 0 heterocycles. The van der Waals surface area contributed by atoms with Crippen molar-refractivity contribution in [2.45, 2.75) is 67.0 Å². The topological polar surface area (TPSA) is 24.9 Å². The van der Waals surface area contributed by atoms with Crippen molar-refractivity contribution in [3.63, 3.8) is 0 Å². The van der Waals surface area contributed by atoms with E-state index in [9.17, 15) is 0 Å². The zero-order valence-electron chi connectivity index (χ0n) is 16.0. The van der Waals surface area contributed by atoms with Crippen molar-refractivity contribution in [3.8, 4) is 0 Å². The van der Waals surface area contributed by atoms with Crippen LogP contribution in [0.25, 0.3) is 0 Å². The Morgan fingerprint density at radius 2 is 0.810 bits per heavy atom. The van der Waals surface area contributed by atoms with Crippen LogP contribution in [0, 0.1) is 0 Å². The largest absolute Gasteiger partial charge is 0.424 e. The van der Waals surface area contributed by atoms with Gasteiger partial charge < -0.3 is 17.4 Å². The summed E-state index contributed by atoms with van der Waals surface area (Å²) in [5, 5.41) is 0. The van der Waals surface area contributed by atoms with Crippen LogP contribution in [-0.2, 0) is 8.23 Å². The molecule has 0 aromatic rings. The maximum atomic E-state index is 6.63. The van der Waals surface area contributed by atoms with Gasteiger partial charge in [0.2, 0.25) is 0 Å². The van der Waals surface area contributed by atoms with Crippen LogP contribution in [-0.4, -0.2) is 60.8 Å². The van der Waals surface area contributed by atoms with Crippen LogP contribution >= 0.6 is 0 Å². The Morgan fingerprint density at radius 1 is 0.571 bits per heavy atom. The number of hydrogen-bond donors (Lipinski definition) is 0. The van der Waals surface area contributed by atoms with Gasteiger partial charge in [0.05, 0.1) is 0 Å². The van der Waals surface area contributed by atoms with E-state index in [2.05, 4.69) is 76.1 Å². The smallest absolute Gasteiger partial charge is 0.312 e. The Labute approximate surface area is 136 Å². The minimum absolute atomic E-state index is 1.05. The zero-order chi connectivity index (χ0) is 16.9. The summed E-state index contributed by atoms with van der Waals surface area (Å²) in [5.41, 5.74) is 0. The second kappa shape index (κ2) is 8.37. The molecule has 0 radical (unpaired) electrons. The Morgan fingerprint density at radius 3 is 1.00 bits per heavy atom. The van der Waals surface area contributed by atoms with Crippen molar-refractivity contribution in [2.24, 2.45) is 0 Å². The highest BCUT2D eigenvalue weighted by atomic mass is 28.5. The quantitative estimate of drug-likeness (QED) is 0.559. The second-order valence-corrected chi connectivity index (χ2v) is 18.3. The molecule has 0 rings (SSSR count). The minimum Gasteiger partial charge on any atom is -0.424 e. The molecule has 0 spiro atoms. The Kier molecular flexibility index (Phi) is 8.57. The fraction of sp³-hybridized carbons (Fsp3) is 1.00. The van der Waals surface area contributed by atoms with Crippen LogP contribution in [0.5, 0.6) is 0 Å². The van der Waals surface area contributed by atoms with E-state index < -0.39 is 25.5 Å². The van der Waals surface area contributed by atoms with Crippen LogP contribution in [0.4, 0.5) is 0 Å². The molecule has 0 N–H and O–H groups in total. The maximum Gasteiger partial charge on any atom is 0.312 e. The average molecular weight is 351 g/mol. The molecule has 0 aliphatic rings. The van der Waals surface area contributed by atoms with E-state index in [0.29, 0.717) is 0 Å². The molecule has 0 aromatic carbocycles. The lowest BCUT2D eigenvalue weighted by Gasteiger charge is -2.45. The lowest BCUT2D eigenvalue weighted by Crippen LogP contribution is -2.62. The number of nitrogens with zero attached hydrogens (tertiary/aromatic N) is 2. The molecule has 0 aromatic heterocycles. The third kappa shape index (κ3) is 6.64. The predicted molar refractivity (Wildman–Crippen MR) is 100 cm³/mol. The van der Waals surface area contributed by atoms with Gasteiger partial charge in [-0.05, 0) is 65.5 Å². The summed E-state index contributed by atoms with van der Waals surface area (Å²) in [6, 6.07) is 0. The van der Waals surface area contributed by atoms with Gasteiger partial charge >= 0.3 is 8.56 Å². The van der Waals surface area contributed by atoms with Gasteiger partial charge in [0.1, 0.15) is 0 Å². The molecule has 0 aliphatic carbocycles. The molecule has 0 atom stereocenters. The molecular formula is C14H38N2O2Si3. The van der Waals surface area contributed by atoms with E-state index in [0.717, 1.165) is 26.2 Å². The Bertz CT molecular complexity index is 277. The van der Waals surface area contributed by atoms with Crippen molar-refractivity contribution < 1.29 is 8.23 Å². The summed E-state index contributed by atoms with van der Waals surface area (Å²) in [4.78, 5) is 0. The summed E-state index contributed by atoms with van der Waals surface area (Å²) in [5.74, 6) is 0. The second-order valence-electron chi connectivity index (χ2n) is 6.84. The SMILES string of the molecule is CCN(CC)[Si](C)(C)O[Si](C)(C)O[Si](C)(C)N(CC)CC. The normalized spacial score (nSPS) is 14.3. The highest BCUT2D eigenvalue weighted by Crippen LogP contribution is 2.24. The highest BCUT2D eigenvalue weighted by Gasteiger charge is 2.43. The fourth-order valence-corrected chi connectivity index (χ4v) is 17.6. The first-order valence-electron chi connectivity index (χ1n) is 8.36. The molecule has 0 saturated carbocycles. The first-order chi connectivity index (χ1) is 9.45. The van der Waals surface area contributed by atoms with E-state index in [1.54, 1.807) is 0 Å². The van der Waals surface area contributed by atoms with Crippen LogP contribution in [0.3, 0.4) is 0 Å². The summed E-state index contributed by atoms with van der Waals surface area (Å²) in [6.07, 6.45) is 0. The number of rotatable bonds is 10. The zero-order valence-corrected chi connectivity index (χ0v) is 19.0. The summed E-state index contributed by atoms with van der Waals surface area (Å²) in [6.45, 7) is 26.7. The van der Waals surface area contributed by atoms with Gasteiger partial charge in [0.15, 0.2) is 0 Å². The molecule has 0 aliphatic heterocycles. The first kappa shape index (κ1) is 21.5. The molecule has 0 fully saturated rings. The maximum absolute atomic E-state index is 6.63. The Balaban J connectivity index is 4.98. The molecule has 128 valence electrons. The molecular weight excluding hydrogens is 312 g/mol. The van der Waals surface area contributed by atoms with Gasteiger partial charge in [0, 0.05) is 0 Å². The standard InChI is InChI=1S/C14H38N2O2Si3/c1-11-15(12-2)19(5,6)17-21(9,10)18-20(7,8)16(13-3)14-4/h11-14H2,1-10H3. The van der Waals surface area contributed by atoms with Crippen LogP contribution in [0.15, 0.2) is 0 Å². The van der Waals surface area contributed by atoms with E-state index in [1.165, 1.54) is 0 Å². The van der Waals surface area contributed by atoms with E-state index in [4.69, 9.17) is 8.23 Å². The van der Waals surface area contributed by atoms with Gasteiger partial charge in [-0.25, -0.2) is 0 Å². The third-order valence-corrected chi connectivity index (χ3v) is 16.3. The van der Waals surface area contributed by atoms with E-state index in [1.807, 2.05) is 0 Å². The molecule has 7 heteroatoms. The monoisotopic (exact) mass is 350 g/mol. The van der Waals surface area contributed by atoms with Crippen molar-refractivity contribution in [1.82, 2.24) is 9.13 Å². The molecule has 0 unspecified atom stereocenters. The van der Waals surface area contributed by atoms with Crippen molar-refractivity contribution >= 4 is 25.5 Å². The molecule has 0 saturated heterocycles. The summed E-state index contributed by atoms with van der Waals surface area (Å²) < 4.78 is 18.2. The lowest BCUT2D eigenvalue weighted by molar-refractivity contribution is 0.297. The fourth-order valence-electron chi connectivity index (χ4n) is 3.32. The van der Waals surface area contributed by atoms with E-state index >= 15 is 0 Å². The molecule has 21 heavy (non-hydrogen) atoms. The lowest BCUT2D eigenvalue weighted by atomic mass is 10.7. The van der Waals surface area contributed by atoms with Crippen LogP contribution in [0.2, 0.25) is 39.3 Å². The van der Waals surface area contributed by atoms with E-state index in [-0.39, 0.29) is 0 Å². The average Bonchev–Trinajstić information content (AvgIpc) is 2.27. The van der Waals surface area contributed by atoms with Crippen molar-refractivity contribution in [2.75, 3.05) is 26.2 Å². The van der Waals surface area contributed by atoms with Gasteiger partial charge in [0.25, 0.3) is 17.0 Å². The summed E-state index contributed by atoms with van der Waals surface area (Å²) in [7, 11) is -5.82. The summed E-state index contributed by atoms with van der Waals surface area (Å²) >= 11 is 0.